The summed E-state index contributed by atoms with van der Waals surface area (Å²) in [5.41, 5.74) is 1.77. The molecule has 1 N–H and O–H groups in total. The molecular formula is C16H20N2O3. The molecule has 5 nitrogen and oxygen atoms in total. The maximum Gasteiger partial charge on any atom is 0.320 e. The predicted molar refractivity (Wildman–Crippen MR) is 78.0 cm³/mol. The summed E-state index contributed by atoms with van der Waals surface area (Å²) in [6.07, 6.45) is 3.27. The van der Waals surface area contributed by atoms with E-state index in [0.29, 0.717) is 12.6 Å². The average Bonchev–Trinajstić information content (AvgIpc) is 2.43. The van der Waals surface area contributed by atoms with Crippen molar-refractivity contribution in [3.05, 3.63) is 35.4 Å². The molecule has 112 valence electrons. The van der Waals surface area contributed by atoms with Crippen LogP contribution >= 0.6 is 0 Å². The van der Waals surface area contributed by atoms with E-state index in [2.05, 4.69) is 0 Å². The highest BCUT2D eigenvalue weighted by Crippen LogP contribution is 2.30. The maximum atomic E-state index is 12.6. The van der Waals surface area contributed by atoms with Gasteiger partial charge in [-0.1, -0.05) is 24.3 Å². The van der Waals surface area contributed by atoms with Gasteiger partial charge in [-0.05, 0) is 30.4 Å². The zero-order valence-electron chi connectivity index (χ0n) is 12.2. The summed E-state index contributed by atoms with van der Waals surface area (Å²) in [6, 6.07) is 7.77. The molecule has 1 aliphatic carbocycles. The first-order chi connectivity index (χ1) is 10.1. The number of carboxylic acid groups (broad SMARTS) is 1. The Morgan fingerprint density at radius 1 is 1.29 bits per heavy atom. The minimum absolute atomic E-state index is 0.0551. The van der Waals surface area contributed by atoms with Crippen molar-refractivity contribution < 1.29 is 14.7 Å². The van der Waals surface area contributed by atoms with Crippen LogP contribution in [0.15, 0.2) is 24.3 Å². The van der Waals surface area contributed by atoms with Gasteiger partial charge in [0.2, 0.25) is 0 Å². The summed E-state index contributed by atoms with van der Waals surface area (Å²) < 4.78 is 0. The molecule has 0 aromatic heterocycles. The number of carbonyl (C=O) groups is 2. The van der Waals surface area contributed by atoms with E-state index < -0.39 is 11.9 Å². The Bertz CT molecular complexity index is 568. The van der Waals surface area contributed by atoms with E-state index in [9.17, 15) is 14.7 Å². The molecule has 0 spiro atoms. The van der Waals surface area contributed by atoms with Crippen molar-refractivity contribution in [1.82, 2.24) is 9.80 Å². The summed E-state index contributed by atoms with van der Waals surface area (Å²) in [6.45, 7) is 0.748. The molecule has 1 fully saturated rings. The Labute approximate surface area is 124 Å². The molecule has 1 heterocycles. The largest absolute Gasteiger partial charge is 0.481 e. The highest BCUT2D eigenvalue weighted by Gasteiger charge is 2.35. The lowest BCUT2D eigenvalue weighted by molar-refractivity contribution is -0.139. The van der Waals surface area contributed by atoms with Gasteiger partial charge in [-0.2, -0.15) is 0 Å². The molecule has 2 aliphatic rings. The Hall–Kier alpha value is -2.04. The van der Waals surface area contributed by atoms with Crippen molar-refractivity contribution in [3.8, 4) is 0 Å². The van der Waals surface area contributed by atoms with Gasteiger partial charge in [0.05, 0.1) is 5.92 Å². The van der Waals surface area contributed by atoms with Crippen molar-refractivity contribution in [2.24, 2.45) is 0 Å². The lowest BCUT2D eigenvalue weighted by Crippen LogP contribution is -2.51. The van der Waals surface area contributed by atoms with E-state index in [1.165, 1.54) is 6.42 Å². The van der Waals surface area contributed by atoms with E-state index >= 15 is 0 Å². The number of carboxylic acids is 1. The first kappa shape index (κ1) is 13.9. The van der Waals surface area contributed by atoms with E-state index in [1.54, 1.807) is 9.80 Å². The molecular weight excluding hydrogens is 268 g/mol. The SMILES string of the molecule is CN(C(=O)N1Cc2ccccc2C(C(=O)O)C1)C1CCC1. The van der Waals surface area contributed by atoms with E-state index in [4.69, 9.17) is 0 Å². The van der Waals surface area contributed by atoms with Gasteiger partial charge in [-0.15, -0.1) is 0 Å². The number of aliphatic carboxylic acids is 1. The molecule has 21 heavy (non-hydrogen) atoms. The first-order valence-electron chi connectivity index (χ1n) is 7.40. The molecule has 1 aromatic carbocycles. The minimum atomic E-state index is -0.869. The summed E-state index contributed by atoms with van der Waals surface area (Å²) in [7, 11) is 1.82. The Morgan fingerprint density at radius 3 is 2.62 bits per heavy atom. The highest BCUT2D eigenvalue weighted by atomic mass is 16.4. The quantitative estimate of drug-likeness (QED) is 0.908. The van der Waals surface area contributed by atoms with Gasteiger partial charge in [0.1, 0.15) is 0 Å². The Kier molecular flexibility index (Phi) is 3.57. The van der Waals surface area contributed by atoms with Gasteiger partial charge in [0.25, 0.3) is 0 Å². The van der Waals surface area contributed by atoms with Gasteiger partial charge in [0.15, 0.2) is 0 Å². The fraction of sp³-hybridized carbons (Fsp3) is 0.500. The van der Waals surface area contributed by atoms with Crippen molar-refractivity contribution in [1.29, 1.82) is 0 Å². The van der Waals surface area contributed by atoms with Crippen LogP contribution in [-0.2, 0) is 11.3 Å². The van der Waals surface area contributed by atoms with E-state index in [-0.39, 0.29) is 12.6 Å². The van der Waals surface area contributed by atoms with Crippen LogP contribution < -0.4 is 0 Å². The third-order valence-electron chi connectivity index (χ3n) is 4.69. The molecule has 1 aliphatic heterocycles. The summed E-state index contributed by atoms with van der Waals surface area (Å²) in [5.74, 6) is -1.50. The number of benzene rings is 1. The van der Waals surface area contributed by atoms with Crippen LogP contribution in [0.5, 0.6) is 0 Å². The van der Waals surface area contributed by atoms with Crippen molar-refractivity contribution in [3.63, 3.8) is 0 Å². The highest BCUT2D eigenvalue weighted by molar-refractivity contribution is 5.81. The van der Waals surface area contributed by atoms with E-state index in [0.717, 1.165) is 24.0 Å². The van der Waals surface area contributed by atoms with Crippen LogP contribution in [0, 0.1) is 0 Å². The van der Waals surface area contributed by atoms with Crippen molar-refractivity contribution in [2.45, 2.75) is 37.8 Å². The lowest BCUT2D eigenvalue weighted by atomic mass is 9.89. The molecule has 1 atom stereocenters. The second-order valence-electron chi connectivity index (χ2n) is 5.95. The Balaban J connectivity index is 1.82. The van der Waals surface area contributed by atoms with Gasteiger partial charge < -0.3 is 14.9 Å². The summed E-state index contributed by atoms with van der Waals surface area (Å²) in [4.78, 5) is 27.5. The molecule has 0 bridgehead atoms. The maximum absolute atomic E-state index is 12.6. The fourth-order valence-corrected chi connectivity index (χ4v) is 3.12. The third kappa shape index (κ3) is 2.48. The third-order valence-corrected chi connectivity index (χ3v) is 4.69. The van der Waals surface area contributed by atoms with Gasteiger partial charge in [0, 0.05) is 26.2 Å². The average molecular weight is 288 g/mol. The molecule has 1 unspecified atom stereocenters. The topological polar surface area (TPSA) is 60.9 Å². The smallest absolute Gasteiger partial charge is 0.320 e. The Morgan fingerprint density at radius 2 is 2.00 bits per heavy atom. The predicted octanol–water partition coefficient (Wildman–Crippen LogP) is 2.27. The number of rotatable bonds is 2. The summed E-state index contributed by atoms with van der Waals surface area (Å²) in [5, 5.41) is 9.44. The monoisotopic (exact) mass is 288 g/mol. The fourth-order valence-electron chi connectivity index (χ4n) is 3.12. The number of carbonyl (C=O) groups excluding carboxylic acids is 1. The normalized spacial score (nSPS) is 21.4. The summed E-state index contributed by atoms with van der Waals surface area (Å²) >= 11 is 0. The number of hydrogen-bond acceptors (Lipinski definition) is 2. The van der Waals surface area contributed by atoms with Crippen LogP contribution in [0.1, 0.15) is 36.3 Å². The van der Waals surface area contributed by atoms with Crippen molar-refractivity contribution in [2.75, 3.05) is 13.6 Å². The van der Waals surface area contributed by atoms with Gasteiger partial charge in [-0.25, -0.2) is 4.79 Å². The van der Waals surface area contributed by atoms with Gasteiger partial charge >= 0.3 is 12.0 Å². The molecule has 1 aromatic rings. The molecule has 0 radical (unpaired) electrons. The second kappa shape index (κ2) is 5.39. The zero-order valence-corrected chi connectivity index (χ0v) is 12.2. The van der Waals surface area contributed by atoms with Crippen LogP contribution in [0.2, 0.25) is 0 Å². The standard InChI is InChI=1S/C16H20N2O3/c1-17(12-6-4-7-12)16(21)18-9-11-5-2-3-8-13(11)14(10-18)15(19)20/h2-3,5,8,12,14H,4,6-7,9-10H2,1H3,(H,19,20). The van der Waals surface area contributed by atoms with Crippen molar-refractivity contribution >= 4 is 12.0 Å². The molecule has 0 saturated heterocycles. The first-order valence-corrected chi connectivity index (χ1v) is 7.40. The number of urea groups is 1. The second-order valence-corrected chi connectivity index (χ2v) is 5.95. The molecule has 5 heteroatoms. The van der Waals surface area contributed by atoms with Crippen LogP contribution in [0.3, 0.4) is 0 Å². The number of amides is 2. The molecule has 1 saturated carbocycles. The van der Waals surface area contributed by atoms with Crippen LogP contribution in [0.4, 0.5) is 4.79 Å². The van der Waals surface area contributed by atoms with Crippen LogP contribution in [0.25, 0.3) is 0 Å². The number of fused-ring (bicyclic) bond motifs is 1. The van der Waals surface area contributed by atoms with Gasteiger partial charge in [-0.3, -0.25) is 4.79 Å². The molecule has 3 rings (SSSR count). The minimum Gasteiger partial charge on any atom is -0.481 e. The number of nitrogens with zero attached hydrogens (tertiary/aromatic N) is 2. The zero-order chi connectivity index (χ0) is 15.0. The van der Waals surface area contributed by atoms with Crippen LogP contribution in [-0.4, -0.2) is 46.5 Å². The number of hydrogen-bond donors (Lipinski definition) is 1. The lowest BCUT2D eigenvalue weighted by Gasteiger charge is -2.40. The van der Waals surface area contributed by atoms with E-state index in [1.807, 2.05) is 31.3 Å². The molecule has 2 amide bonds.